The lowest BCUT2D eigenvalue weighted by Gasteiger charge is -2.12. The van der Waals surface area contributed by atoms with Crippen LogP contribution in [0.25, 0.3) is 0 Å². The highest BCUT2D eigenvalue weighted by Crippen LogP contribution is 2.17. The van der Waals surface area contributed by atoms with E-state index < -0.39 is 24.0 Å². The summed E-state index contributed by atoms with van der Waals surface area (Å²) in [5.74, 6) is -1.46. The van der Waals surface area contributed by atoms with E-state index in [9.17, 15) is 14.4 Å². The first kappa shape index (κ1) is 19.2. The van der Waals surface area contributed by atoms with Crippen molar-refractivity contribution in [2.45, 2.75) is 40.3 Å². The number of rotatable bonds is 5. The first-order chi connectivity index (χ1) is 12.2. The summed E-state index contributed by atoms with van der Waals surface area (Å²) in [5.41, 5.74) is 8.53. The number of benzene rings is 1. The van der Waals surface area contributed by atoms with Gasteiger partial charge in [-0.3, -0.25) is 14.8 Å². The summed E-state index contributed by atoms with van der Waals surface area (Å²) in [5, 5.41) is 6.26. The van der Waals surface area contributed by atoms with Crippen molar-refractivity contribution >= 4 is 17.9 Å². The Bertz CT molecular complexity index is 840. The summed E-state index contributed by atoms with van der Waals surface area (Å²) in [6.07, 6.45) is -1.16. The van der Waals surface area contributed by atoms with E-state index in [1.54, 1.807) is 18.5 Å². The topological polar surface area (TPSA) is 116 Å². The number of nitrogens with two attached hydrogens (primary N) is 1. The molecule has 0 aliphatic rings. The molecule has 1 atom stereocenters. The number of aromatic nitrogens is 2. The van der Waals surface area contributed by atoms with Crippen molar-refractivity contribution in [1.82, 2.24) is 15.1 Å². The fourth-order valence-electron chi connectivity index (χ4n) is 2.51. The fourth-order valence-corrected chi connectivity index (χ4v) is 2.51. The van der Waals surface area contributed by atoms with Gasteiger partial charge < -0.3 is 10.5 Å². The van der Waals surface area contributed by atoms with E-state index in [1.165, 1.54) is 6.92 Å². The molecule has 1 aromatic heterocycles. The molecule has 1 heterocycles. The van der Waals surface area contributed by atoms with E-state index >= 15 is 0 Å². The summed E-state index contributed by atoms with van der Waals surface area (Å²) >= 11 is 0. The molecule has 26 heavy (non-hydrogen) atoms. The number of nitrogens with zero attached hydrogens (tertiary/aromatic N) is 2. The minimum Gasteiger partial charge on any atom is -0.449 e. The highest BCUT2D eigenvalue weighted by Gasteiger charge is 2.25. The number of imide groups is 1. The van der Waals surface area contributed by atoms with Gasteiger partial charge in [0.2, 0.25) is 0 Å². The molecule has 2 rings (SSSR count). The van der Waals surface area contributed by atoms with Crippen LogP contribution in [0, 0.1) is 20.8 Å². The quantitative estimate of drug-likeness (QED) is 0.788. The number of carbonyl (C=O) groups is 3. The van der Waals surface area contributed by atoms with Crippen molar-refractivity contribution in [3.05, 3.63) is 52.3 Å². The Morgan fingerprint density at radius 1 is 1.19 bits per heavy atom. The zero-order valence-electron chi connectivity index (χ0n) is 15.2. The number of nitrogens with one attached hydrogen (secondary N) is 1. The van der Waals surface area contributed by atoms with Crippen molar-refractivity contribution in [2.75, 3.05) is 0 Å². The number of hydrogen-bond donors (Lipinski definition) is 2. The summed E-state index contributed by atoms with van der Waals surface area (Å²) in [6.45, 7) is 7.34. The molecule has 3 amide bonds. The molecule has 0 radical (unpaired) electrons. The molecule has 8 nitrogen and oxygen atoms in total. The maximum atomic E-state index is 12.4. The summed E-state index contributed by atoms with van der Waals surface area (Å²) in [4.78, 5) is 34.8. The third kappa shape index (κ3) is 4.47. The Kier molecular flexibility index (Phi) is 5.76. The minimum atomic E-state index is -1.16. The van der Waals surface area contributed by atoms with Gasteiger partial charge in [0.1, 0.15) is 5.56 Å². The average molecular weight is 358 g/mol. The summed E-state index contributed by atoms with van der Waals surface area (Å²) in [7, 11) is 0. The van der Waals surface area contributed by atoms with Gasteiger partial charge in [-0.25, -0.2) is 9.59 Å². The van der Waals surface area contributed by atoms with Gasteiger partial charge in [0.05, 0.1) is 17.9 Å². The van der Waals surface area contributed by atoms with Gasteiger partial charge >= 0.3 is 12.0 Å². The molecular formula is C18H22N4O4. The second kappa shape index (κ2) is 7.81. The first-order valence-electron chi connectivity index (χ1n) is 8.10. The van der Waals surface area contributed by atoms with Crippen LogP contribution in [-0.2, 0) is 16.1 Å². The van der Waals surface area contributed by atoms with Crippen molar-refractivity contribution < 1.29 is 19.1 Å². The molecule has 0 aliphatic carbocycles. The predicted molar refractivity (Wildman–Crippen MR) is 94.6 cm³/mol. The Labute approximate surface area is 151 Å². The molecule has 0 fully saturated rings. The maximum absolute atomic E-state index is 12.4. The second-order valence-electron chi connectivity index (χ2n) is 6.09. The number of urea groups is 1. The number of amides is 3. The summed E-state index contributed by atoms with van der Waals surface area (Å²) in [6, 6.07) is 7.01. The van der Waals surface area contributed by atoms with Crippen LogP contribution in [-0.4, -0.2) is 33.8 Å². The van der Waals surface area contributed by atoms with Crippen molar-refractivity contribution in [3.63, 3.8) is 0 Å². The van der Waals surface area contributed by atoms with E-state index in [4.69, 9.17) is 10.5 Å². The van der Waals surface area contributed by atoms with E-state index in [-0.39, 0.29) is 0 Å². The molecule has 0 bridgehead atoms. The van der Waals surface area contributed by atoms with Crippen molar-refractivity contribution in [2.24, 2.45) is 5.73 Å². The standard InChI is InChI=1S/C18H22N4O4/c1-10-5-7-14(8-6-10)9-22-12(3)15(11(2)21-22)17(24)26-13(4)16(23)20-18(19)25/h5-8,13H,9H2,1-4H3,(H3,19,20,23,25)/t13-/m1/s1. The van der Waals surface area contributed by atoms with Crippen LogP contribution in [0.4, 0.5) is 4.79 Å². The van der Waals surface area contributed by atoms with Crippen molar-refractivity contribution in [1.29, 1.82) is 0 Å². The monoisotopic (exact) mass is 358 g/mol. The van der Waals surface area contributed by atoms with Crippen LogP contribution >= 0.6 is 0 Å². The Hall–Kier alpha value is -3.16. The number of esters is 1. The number of aryl methyl sites for hydroxylation is 2. The molecule has 0 saturated heterocycles. The molecule has 0 saturated carbocycles. The van der Waals surface area contributed by atoms with E-state index in [0.717, 1.165) is 11.1 Å². The zero-order valence-corrected chi connectivity index (χ0v) is 15.2. The van der Waals surface area contributed by atoms with Crippen LogP contribution in [0.5, 0.6) is 0 Å². The molecule has 0 spiro atoms. The van der Waals surface area contributed by atoms with E-state index in [0.29, 0.717) is 23.5 Å². The number of primary amides is 1. The zero-order chi connectivity index (χ0) is 19.4. The lowest BCUT2D eigenvalue weighted by molar-refractivity contribution is -0.127. The molecule has 138 valence electrons. The highest BCUT2D eigenvalue weighted by atomic mass is 16.5. The van der Waals surface area contributed by atoms with Gasteiger partial charge in [0.25, 0.3) is 5.91 Å². The molecule has 0 aliphatic heterocycles. The largest absolute Gasteiger partial charge is 0.449 e. The molecule has 0 unspecified atom stereocenters. The molecule has 3 N–H and O–H groups in total. The van der Waals surface area contributed by atoms with Crippen LogP contribution in [0.3, 0.4) is 0 Å². The third-order valence-corrected chi connectivity index (χ3v) is 3.94. The van der Waals surface area contributed by atoms with Gasteiger partial charge in [-0.2, -0.15) is 5.10 Å². The highest BCUT2D eigenvalue weighted by molar-refractivity contribution is 5.98. The van der Waals surface area contributed by atoms with Gasteiger partial charge in [-0.1, -0.05) is 29.8 Å². The minimum absolute atomic E-state index is 0.302. The summed E-state index contributed by atoms with van der Waals surface area (Å²) < 4.78 is 6.84. The van der Waals surface area contributed by atoms with Gasteiger partial charge in [0.15, 0.2) is 6.10 Å². The SMILES string of the molecule is Cc1ccc(Cn2nc(C)c(C(=O)O[C@H](C)C(=O)NC(N)=O)c2C)cc1. The first-order valence-corrected chi connectivity index (χ1v) is 8.10. The van der Waals surface area contributed by atoms with Crippen LogP contribution in [0.15, 0.2) is 24.3 Å². The lowest BCUT2D eigenvalue weighted by Crippen LogP contribution is -2.42. The van der Waals surface area contributed by atoms with Gasteiger partial charge in [-0.15, -0.1) is 0 Å². The maximum Gasteiger partial charge on any atom is 0.342 e. The lowest BCUT2D eigenvalue weighted by atomic mass is 10.1. The van der Waals surface area contributed by atoms with Crippen LogP contribution in [0.2, 0.25) is 0 Å². The van der Waals surface area contributed by atoms with Gasteiger partial charge in [0, 0.05) is 0 Å². The molecule has 8 heteroatoms. The fraction of sp³-hybridized carbons (Fsp3) is 0.333. The number of ether oxygens (including phenoxy) is 1. The number of carbonyl (C=O) groups excluding carboxylic acids is 3. The third-order valence-electron chi connectivity index (χ3n) is 3.94. The van der Waals surface area contributed by atoms with E-state index in [1.807, 2.05) is 36.5 Å². The molecule has 1 aromatic carbocycles. The van der Waals surface area contributed by atoms with Crippen molar-refractivity contribution in [3.8, 4) is 0 Å². The Balaban J connectivity index is 2.15. The Morgan fingerprint density at radius 2 is 1.81 bits per heavy atom. The second-order valence-corrected chi connectivity index (χ2v) is 6.09. The molecule has 2 aromatic rings. The Morgan fingerprint density at radius 3 is 2.38 bits per heavy atom. The van der Waals surface area contributed by atoms with Crippen LogP contribution in [0.1, 0.15) is 39.8 Å². The van der Waals surface area contributed by atoms with Crippen LogP contribution < -0.4 is 11.1 Å². The number of hydrogen-bond acceptors (Lipinski definition) is 5. The van der Waals surface area contributed by atoms with Gasteiger partial charge in [-0.05, 0) is 33.3 Å². The van der Waals surface area contributed by atoms with E-state index in [2.05, 4.69) is 5.10 Å². The normalized spacial score (nSPS) is 11.7. The molecular weight excluding hydrogens is 336 g/mol. The average Bonchev–Trinajstić information content (AvgIpc) is 2.82. The predicted octanol–water partition coefficient (Wildman–Crippen LogP) is 1.60. The smallest absolute Gasteiger partial charge is 0.342 e.